The highest BCUT2D eigenvalue weighted by molar-refractivity contribution is 5.71. The molecule has 1 saturated carbocycles. The average Bonchev–Trinajstić information content (AvgIpc) is 3.37. The molecule has 1 N–H and O–H groups in total. The fraction of sp³-hybridized carbons (Fsp3) is 0.619. The quantitative estimate of drug-likeness (QED) is 0.629. The van der Waals surface area contributed by atoms with E-state index in [9.17, 15) is 27.2 Å². The van der Waals surface area contributed by atoms with Crippen molar-refractivity contribution in [3.05, 3.63) is 35.1 Å². The lowest BCUT2D eigenvalue weighted by Crippen LogP contribution is -2.56. The van der Waals surface area contributed by atoms with Gasteiger partial charge in [0.25, 0.3) is 0 Å². The van der Waals surface area contributed by atoms with Crippen LogP contribution in [0.2, 0.25) is 0 Å². The monoisotopic (exact) mass is 448 g/mol. The molecule has 0 aliphatic heterocycles. The second kappa shape index (κ2) is 8.20. The number of methoxy groups -OCH3 is 1. The Bertz CT molecular complexity index is 843. The molecule has 0 atom stereocenters. The minimum atomic E-state index is -4.87. The molecule has 174 valence electrons. The van der Waals surface area contributed by atoms with Crippen LogP contribution >= 0.6 is 0 Å². The van der Waals surface area contributed by atoms with E-state index in [0.717, 1.165) is 19.2 Å². The number of amides is 2. The summed E-state index contributed by atoms with van der Waals surface area (Å²) in [5, 5.41) is 2.67. The van der Waals surface area contributed by atoms with Gasteiger partial charge in [-0.25, -0.2) is 14.0 Å². The molecule has 10 heteroatoms. The summed E-state index contributed by atoms with van der Waals surface area (Å²) in [5.74, 6) is -1.39. The van der Waals surface area contributed by atoms with Crippen LogP contribution in [0.1, 0.15) is 58.6 Å². The van der Waals surface area contributed by atoms with Gasteiger partial charge in [0.05, 0.1) is 23.8 Å². The number of carbonyl (C=O) groups is 2. The van der Waals surface area contributed by atoms with Gasteiger partial charge in [-0.2, -0.15) is 13.2 Å². The number of ether oxygens (including phenoxy) is 2. The van der Waals surface area contributed by atoms with Crippen molar-refractivity contribution in [2.75, 3.05) is 13.7 Å². The zero-order chi connectivity index (χ0) is 23.8. The van der Waals surface area contributed by atoms with E-state index in [4.69, 9.17) is 9.47 Å². The third kappa shape index (κ3) is 6.01. The molecule has 2 rings (SSSR count). The van der Waals surface area contributed by atoms with Gasteiger partial charge < -0.3 is 14.8 Å². The van der Waals surface area contributed by atoms with Crippen LogP contribution in [0.4, 0.5) is 27.2 Å². The van der Waals surface area contributed by atoms with Crippen LogP contribution in [-0.4, -0.2) is 41.9 Å². The molecule has 1 aliphatic carbocycles. The highest BCUT2D eigenvalue weighted by Gasteiger charge is 2.54. The predicted molar refractivity (Wildman–Crippen MR) is 105 cm³/mol. The van der Waals surface area contributed by atoms with Crippen LogP contribution in [-0.2, 0) is 21.2 Å². The van der Waals surface area contributed by atoms with E-state index >= 15 is 0 Å². The Morgan fingerprint density at radius 2 is 1.71 bits per heavy atom. The number of hydrogen-bond acceptors (Lipinski definition) is 4. The Morgan fingerprint density at radius 1 is 1.13 bits per heavy atom. The van der Waals surface area contributed by atoms with Crippen molar-refractivity contribution in [2.24, 2.45) is 0 Å². The van der Waals surface area contributed by atoms with E-state index in [0.29, 0.717) is 12.8 Å². The molecule has 1 aliphatic rings. The lowest BCUT2D eigenvalue weighted by Gasteiger charge is -2.38. The van der Waals surface area contributed by atoms with E-state index < -0.39 is 46.4 Å². The molecule has 31 heavy (non-hydrogen) atoms. The third-order valence-electron chi connectivity index (χ3n) is 4.84. The molecular formula is C21H28F4N2O4. The SMILES string of the molecule is COC(=O)N(CC(C)(C)NC(=O)OC(C)(C)C)C1(c2ccc(F)c(C(F)(F)F)c2)CC1. The summed E-state index contributed by atoms with van der Waals surface area (Å²) in [6, 6.07) is 2.71. The van der Waals surface area contributed by atoms with Gasteiger partial charge in [0.2, 0.25) is 0 Å². The summed E-state index contributed by atoms with van der Waals surface area (Å²) in [7, 11) is 1.16. The second-order valence-electron chi connectivity index (χ2n) is 9.29. The molecule has 1 fully saturated rings. The Labute approximate surface area is 178 Å². The smallest absolute Gasteiger partial charge is 0.419 e. The van der Waals surface area contributed by atoms with Crippen LogP contribution in [0.15, 0.2) is 18.2 Å². The summed E-state index contributed by atoms with van der Waals surface area (Å²) >= 11 is 0. The van der Waals surface area contributed by atoms with Gasteiger partial charge in [0.15, 0.2) is 0 Å². The number of halogens is 4. The van der Waals surface area contributed by atoms with Crippen molar-refractivity contribution in [1.29, 1.82) is 0 Å². The number of alkyl halides is 3. The zero-order valence-corrected chi connectivity index (χ0v) is 18.4. The molecule has 0 aromatic heterocycles. The average molecular weight is 448 g/mol. The van der Waals surface area contributed by atoms with Gasteiger partial charge >= 0.3 is 18.4 Å². The lowest BCUT2D eigenvalue weighted by atomic mass is 9.97. The fourth-order valence-corrected chi connectivity index (χ4v) is 3.38. The maximum Gasteiger partial charge on any atom is 0.419 e. The largest absolute Gasteiger partial charge is 0.453 e. The first-order valence-corrected chi connectivity index (χ1v) is 9.75. The molecule has 1 aromatic rings. The number of carbonyl (C=O) groups excluding carboxylic acids is 2. The number of alkyl carbamates (subject to hydrolysis) is 1. The summed E-state index contributed by atoms with van der Waals surface area (Å²) in [6.45, 7) is 8.33. The number of nitrogens with zero attached hydrogens (tertiary/aromatic N) is 1. The van der Waals surface area contributed by atoms with Crippen molar-refractivity contribution in [2.45, 2.75) is 70.3 Å². The van der Waals surface area contributed by atoms with Crippen molar-refractivity contribution in [1.82, 2.24) is 10.2 Å². The standard InChI is InChI=1S/C21H28F4N2O4/c1-18(2,3)31-16(28)26-19(4,5)12-27(17(29)30-6)20(9-10-20)13-7-8-15(22)14(11-13)21(23,24)25/h7-8,11H,9-10,12H2,1-6H3,(H,26,28). The summed E-state index contributed by atoms with van der Waals surface area (Å²) in [5.41, 5.74) is -4.07. The van der Waals surface area contributed by atoms with E-state index in [1.165, 1.54) is 11.0 Å². The molecule has 0 radical (unpaired) electrons. The van der Waals surface area contributed by atoms with Crippen LogP contribution in [0.25, 0.3) is 0 Å². The first kappa shape index (κ1) is 24.7. The van der Waals surface area contributed by atoms with Crippen molar-refractivity contribution >= 4 is 12.2 Å². The molecule has 1 aromatic carbocycles. The van der Waals surface area contributed by atoms with E-state index in [1.54, 1.807) is 34.6 Å². The topological polar surface area (TPSA) is 67.9 Å². The lowest BCUT2D eigenvalue weighted by molar-refractivity contribution is -0.140. The highest BCUT2D eigenvalue weighted by atomic mass is 19.4. The summed E-state index contributed by atoms with van der Waals surface area (Å²) in [6.07, 6.45) is -5.60. The first-order chi connectivity index (χ1) is 14.0. The summed E-state index contributed by atoms with van der Waals surface area (Å²) in [4.78, 5) is 26.0. The number of rotatable bonds is 5. The molecule has 0 saturated heterocycles. The van der Waals surface area contributed by atoms with Gasteiger partial charge in [-0.3, -0.25) is 4.90 Å². The minimum absolute atomic E-state index is 0.0718. The minimum Gasteiger partial charge on any atom is -0.453 e. The Kier molecular flexibility index (Phi) is 6.54. The molecule has 0 unspecified atom stereocenters. The van der Waals surface area contributed by atoms with Crippen molar-refractivity contribution in [3.8, 4) is 0 Å². The normalized spacial score (nSPS) is 15.8. The number of nitrogens with one attached hydrogen (secondary N) is 1. The van der Waals surface area contributed by atoms with Crippen LogP contribution < -0.4 is 5.32 Å². The zero-order valence-electron chi connectivity index (χ0n) is 18.4. The van der Waals surface area contributed by atoms with E-state index in [-0.39, 0.29) is 12.1 Å². The molecular weight excluding hydrogens is 420 g/mol. The number of benzene rings is 1. The van der Waals surface area contributed by atoms with Crippen LogP contribution in [0.3, 0.4) is 0 Å². The maximum absolute atomic E-state index is 13.8. The van der Waals surface area contributed by atoms with Gasteiger partial charge in [0.1, 0.15) is 11.4 Å². The van der Waals surface area contributed by atoms with Crippen LogP contribution in [0.5, 0.6) is 0 Å². The Hall–Kier alpha value is -2.52. The highest BCUT2D eigenvalue weighted by Crippen LogP contribution is 2.52. The van der Waals surface area contributed by atoms with Gasteiger partial charge in [-0.05, 0) is 65.2 Å². The van der Waals surface area contributed by atoms with Crippen molar-refractivity contribution < 1.29 is 36.6 Å². The van der Waals surface area contributed by atoms with Crippen LogP contribution in [0, 0.1) is 5.82 Å². The van der Waals surface area contributed by atoms with Gasteiger partial charge in [-0.1, -0.05) is 6.07 Å². The van der Waals surface area contributed by atoms with Crippen molar-refractivity contribution in [3.63, 3.8) is 0 Å². The second-order valence-corrected chi connectivity index (χ2v) is 9.29. The molecule has 2 amide bonds. The fourth-order valence-electron chi connectivity index (χ4n) is 3.38. The molecule has 0 heterocycles. The summed E-state index contributed by atoms with van der Waals surface area (Å²) < 4.78 is 63.5. The molecule has 0 spiro atoms. The van der Waals surface area contributed by atoms with Gasteiger partial charge in [0, 0.05) is 6.54 Å². The Balaban J connectivity index is 2.35. The predicted octanol–water partition coefficient (Wildman–Crippen LogP) is 5.21. The van der Waals surface area contributed by atoms with E-state index in [1.807, 2.05) is 0 Å². The molecule has 0 bridgehead atoms. The number of hydrogen-bond donors (Lipinski definition) is 1. The third-order valence-corrected chi connectivity index (χ3v) is 4.84. The van der Waals surface area contributed by atoms with E-state index in [2.05, 4.69) is 5.32 Å². The first-order valence-electron chi connectivity index (χ1n) is 9.75. The molecule has 6 nitrogen and oxygen atoms in total. The Morgan fingerprint density at radius 3 is 2.16 bits per heavy atom. The maximum atomic E-state index is 13.8. The van der Waals surface area contributed by atoms with Gasteiger partial charge in [-0.15, -0.1) is 0 Å².